The molecule has 3 aromatic rings. The Hall–Kier alpha value is -3.25. The minimum absolute atomic E-state index is 0.0990. The number of rotatable bonds is 5. The van der Waals surface area contributed by atoms with Crippen LogP contribution >= 0.6 is 15.9 Å². The number of hydrogen-bond donors (Lipinski definition) is 2. The lowest BCUT2D eigenvalue weighted by molar-refractivity contribution is -0.128. The molecular formula is C16H13BrFN7O3. The molecule has 10 nitrogen and oxygen atoms in total. The van der Waals surface area contributed by atoms with Crippen LogP contribution < -0.4 is 16.6 Å². The van der Waals surface area contributed by atoms with Crippen LogP contribution in [0.5, 0.6) is 0 Å². The zero-order valence-electron chi connectivity index (χ0n) is 14.3. The monoisotopic (exact) mass is 449 g/mol. The van der Waals surface area contributed by atoms with Gasteiger partial charge in [0, 0.05) is 6.20 Å². The van der Waals surface area contributed by atoms with Crippen LogP contribution in [0, 0.1) is 5.82 Å². The third-order valence-electron chi connectivity index (χ3n) is 3.67. The highest BCUT2D eigenvalue weighted by molar-refractivity contribution is 9.10. The lowest BCUT2D eigenvalue weighted by Crippen LogP contribution is -2.44. The lowest BCUT2D eigenvalue weighted by atomic mass is 9.98. The summed E-state index contributed by atoms with van der Waals surface area (Å²) >= 11 is 3.23. The van der Waals surface area contributed by atoms with E-state index in [2.05, 4.69) is 35.9 Å². The van der Waals surface area contributed by atoms with Crippen LogP contribution in [0.2, 0.25) is 0 Å². The largest absolute Gasteiger partial charge is 0.443 e. The summed E-state index contributed by atoms with van der Waals surface area (Å²) in [5, 5.41) is 0.578. The van der Waals surface area contributed by atoms with Crippen molar-refractivity contribution in [2.24, 2.45) is 5.84 Å². The molecule has 12 heteroatoms. The fourth-order valence-electron chi connectivity index (χ4n) is 2.43. The molecule has 0 fully saturated rings. The number of Topliss-reactive ketones (excluding diaryl/α,β-unsaturated/α-hetero) is 1. The van der Waals surface area contributed by atoms with Crippen molar-refractivity contribution in [2.45, 2.75) is 12.8 Å². The van der Waals surface area contributed by atoms with Crippen molar-refractivity contribution in [3.8, 4) is 11.6 Å². The molecule has 1 atom stereocenters. The molecule has 0 aromatic carbocycles. The average molecular weight is 450 g/mol. The maximum Gasteiger partial charge on any atom is 0.259 e. The fraction of sp³-hybridized carbons (Fsp3) is 0.125. The number of nitrogens with zero attached hydrogens (tertiary/aromatic N) is 5. The third-order valence-corrected chi connectivity index (χ3v) is 4.40. The van der Waals surface area contributed by atoms with E-state index < -0.39 is 23.4 Å². The number of pyridine rings is 1. The first-order valence-electron chi connectivity index (χ1n) is 7.73. The van der Waals surface area contributed by atoms with Crippen LogP contribution in [0.25, 0.3) is 11.6 Å². The lowest BCUT2D eigenvalue weighted by Gasteiger charge is -2.22. The number of hydrogen-bond acceptors (Lipinski definition) is 9. The van der Waals surface area contributed by atoms with Gasteiger partial charge in [0.1, 0.15) is 29.5 Å². The first-order valence-corrected chi connectivity index (χ1v) is 8.53. The molecule has 0 aliphatic heterocycles. The van der Waals surface area contributed by atoms with Gasteiger partial charge < -0.3 is 10.2 Å². The molecule has 4 N–H and O–H groups in total. The van der Waals surface area contributed by atoms with E-state index in [4.69, 9.17) is 16.0 Å². The van der Waals surface area contributed by atoms with Gasteiger partial charge in [-0.3, -0.25) is 14.6 Å². The highest BCUT2D eigenvalue weighted by atomic mass is 79.9. The standard InChI is InChI=1S/C16H13BrFN7O3/c1-7(26)9(11-8(18)3-2-4-21-11)15(27)25(20)13-10(17)12(23-16(19)24-13)14-22-5-6-28-14/h2-6,9H,20H2,1H3,(H2,19,23,24). The Bertz CT molecular complexity index is 1040. The van der Waals surface area contributed by atoms with Gasteiger partial charge in [0.25, 0.3) is 5.91 Å². The summed E-state index contributed by atoms with van der Waals surface area (Å²) in [7, 11) is 0. The number of nitrogens with two attached hydrogens (primary N) is 2. The van der Waals surface area contributed by atoms with Crippen molar-refractivity contribution in [3.63, 3.8) is 0 Å². The van der Waals surface area contributed by atoms with Gasteiger partial charge in [0.2, 0.25) is 11.8 Å². The Morgan fingerprint density at radius 3 is 2.64 bits per heavy atom. The van der Waals surface area contributed by atoms with E-state index >= 15 is 0 Å². The third kappa shape index (κ3) is 3.59. The van der Waals surface area contributed by atoms with E-state index in [1.54, 1.807) is 0 Å². The number of carbonyl (C=O) groups excluding carboxylic acids is 2. The van der Waals surface area contributed by atoms with Gasteiger partial charge in [0.05, 0.1) is 16.4 Å². The number of hydrazine groups is 1. The van der Waals surface area contributed by atoms with E-state index in [1.807, 2.05) is 0 Å². The highest BCUT2D eigenvalue weighted by Crippen LogP contribution is 2.34. The number of carbonyl (C=O) groups is 2. The molecule has 1 unspecified atom stereocenters. The first kappa shape index (κ1) is 19.5. The molecule has 3 aromatic heterocycles. The first-order chi connectivity index (χ1) is 13.3. The second kappa shape index (κ2) is 7.78. The van der Waals surface area contributed by atoms with Crippen LogP contribution in [-0.4, -0.2) is 31.6 Å². The molecule has 3 rings (SSSR count). The van der Waals surface area contributed by atoms with Crippen LogP contribution in [0.15, 0.2) is 39.7 Å². The summed E-state index contributed by atoms with van der Waals surface area (Å²) in [5.74, 6) is 1.64. The maximum absolute atomic E-state index is 14.1. The molecule has 0 spiro atoms. The smallest absolute Gasteiger partial charge is 0.259 e. The summed E-state index contributed by atoms with van der Waals surface area (Å²) in [5.41, 5.74) is 5.49. The van der Waals surface area contributed by atoms with Crippen molar-refractivity contribution in [3.05, 3.63) is 46.8 Å². The normalized spacial score (nSPS) is 11.9. The summed E-state index contributed by atoms with van der Waals surface area (Å²) in [4.78, 5) is 40.7. The molecule has 0 aliphatic carbocycles. The molecule has 0 saturated carbocycles. The van der Waals surface area contributed by atoms with E-state index in [-0.39, 0.29) is 33.5 Å². The fourth-order valence-corrected chi connectivity index (χ4v) is 2.97. The second-order valence-electron chi connectivity index (χ2n) is 5.53. The van der Waals surface area contributed by atoms with Crippen molar-refractivity contribution < 1.29 is 18.4 Å². The predicted molar refractivity (Wildman–Crippen MR) is 98.9 cm³/mol. The molecule has 3 heterocycles. The van der Waals surface area contributed by atoms with Gasteiger partial charge in [-0.2, -0.15) is 4.98 Å². The summed E-state index contributed by atoms with van der Waals surface area (Å²) in [6.45, 7) is 1.13. The van der Waals surface area contributed by atoms with Crippen molar-refractivity contribution in [1.29, 1.82) is 0 Å². The summed E-state index contributed by atoms with van der Waals surface area (Å²) in [6, 6.07) is 2.43. The van der Waals surface area contributed by atoms with Crippen LogP contribution in [0.3, 0.4) is 0 Å². The summed E-state index contributed by atoms with van der Waals surface area (Å²) in [6.07, 6.45) is 3.98. The number of anilines is 2. The predicted octanol–water partition coefficient (Wildman–Crippen LogP) is 1.59. The zero-order chi connectivity index (χ0) is 20.4. The van der Waals surface area contributed by atoms with Crippen LogP contribution in [-0.2, 0) is 9.59 Å². The number of amides is 1. The number of oxazole rings is 1. The van der Waals surface area contributed by atoms with Crippen LogP contribution in [0.1, 0.15) is 18.5 Å². The van der Waals surface area contributed by atoms with Gasteiger partial charge in [-0.1, -0.05) is 0 Å². The molecular weight excluding hydrogens is 437 g/mol. The van der Waals surface area contributed by atoms with Gasteiger partial charge in [-0.05, 0) is 35.0 Å². The molecule has 0 bridgehead atoms. The van der Waals surface area contributed by atoms with E-state index in [9.17, 15) is 14.0 Å². The minimum Gasteiger partial charge on any atom is -0.443 e. The number of ketones is 1. The van der Waals surface area contributed by atoms with Gasteiger partial charge >= 0.3 is 0 Å². The minimum atomic E-state index is -1.57. The second-order valence-corrected chi connectivity index (χ2v) is 6.32. The Kier molecular flexibility index (Phi) is 5.42. The SMILES string of the molecule is CC(=O)C(C(=O)N(N)c1nc(N)nc(-c2ncco2)c1Br)c1ncccc1F. The topological polar surface area (TPSA) is 154 Å². The molecule has 1 amide bonds. The molecule has 144 valence electrons. The van der Waals surface area contributed by atoms with E-state index in [0.717, 1.165) is 13.0 Å². The molecule has 0 saturated heterocycles. The molecule has 0 radical (unpaired) electrons. The van der Waals surface area contributed by atoms with Crippen molar-refractivity contribution in [2.75, 3.05) is 10.7 Å². The number of aromatic nitrogens is 4. The Balaban J connectivity index is 2.06. The van der Waals surface area contributed by atoms with Crippen molar-refractivity contribution in [1.82, 2.24) is 19.9 Å². The van der Waals surface area contributed by atoms with E-state index in [0.29, 0.717) is 5.01 Å². The molecule has 0 aliphatic rings. The molecule has 28 heavy (non-hydrogen) atoms. The average Bonchev–Trinajstić information content (AvgIpc) is 3.18. The van der Waals surface area contributed by atoms with Gasteiger partial charge in [-0.25, -0.2) is 25.2 Å². The number of halogens is 2. The highest BCUT2D eigenvalue weighted by Gasteiger charge is 2.34. The summed E-state index contributed by atoms with van der Waals surface area (Å²) < 4.78 is 19.4. The maximum atomic E-state index is 14.1. The zero-order valence-corrected chi connectivity index (χ0v) is 15.9. The Labute approximate surface area is 165 Å². The Morgan fingerprint density at radius 2 is 2.04 bits per heavy atom. The van der Waals surface area contributed by atoms with Crippen molar-refractivity contribution >= 4 is 39.4 Å². The quantitative estimate of drug-likeness (QED) is 0.255. The Morgan fingerprint density at radius 1 is 1.29 bits per heavy atom. The van der Waals surface area contributed by atoms with Gasteiger partial charge in [0.15, 0.2) is 5.82 Å². The van der Waals surface area contributed by atoms with Crippen LogP contribution in [0.4, 0.5) is 16.2 Å². The van der Waals surface area contributed by atoms with Gasteiger partial charge in [-0.15, -0.1) is 0 Å². The number of nitrogen functional groups attached to an aromatic ring is 1. The van der Waals surface area contributed by atoms with E-state index in [1.165, 1.54) is 24.7 Å².